The van der Waals surface area contributed by atoms with Gasteiger partial charge in [0.05, 0.1) is 4.90 Å². The molecular weight excluding hydrogens is 386 g/mol. The van der Waals surface area contributed by atoms with E-state index in [0.29, 0.717) is 31.2 Å². The lowest BCUT2D eigenvalue weighted by atomic mass is 10.3. The maximum absolute atomic E-state index is 12.8. The van der Waals surface area contributed by atoms with Crippen LogP contribution in [-0.4, -0.2) is 62.0 Å². The molecule has 0 bridgehead atoms. The van der Waals surface area contributed by atoms with E-state index in [2.05, 4.69) is 19.8 Å². The second kappa shape index (κ2) is 7.61. The van der Waals surface area contributed by atoms with Crippen LogP contribution in [0.15, 0.2) is 41.6 Å². The SMILES string of the molecule is O=S(=O)(c1ccc(Cl)cc1)N1CCN(c2cc(N3CCCC3)ncn2)CC1. The largest absolute Gasteiger partial charge is 0.356 e. The zero-order chi connectivity index (χ0) is 18.9. The summed E-state index contributed by atoms with van der Waals surface area (Å²) in [5.74, 6) is 1.81. The van der Waals surface area contributed by atoms with E-state index in [0.717, 1.165) is 24.7 Å². The summed E-state index contributed by atoms with van der Waals surface area (Å²) >= 11 is 5.86. The lowest BCUT2D eigenvalue weighted by molar-refractivity contribution is 0.384. The van der Waals surface area contributed by atoms with Crippen molar-refractivity contribution in [1.29, 1.82) is 0 Å². The van der Waals surface area contributed by atoms with Gasteiger partial charge >= 0.3 is 0 Å². The van der Waals surface area contributed by atoms with Gasteiger partial charge in [0.1, 0.15) is 18.0 Å². The lowest BCUT2D eigenvalue weighted by Crippen LogP contribution is -2.49. The van der Waals surface area contributed by atoms with Gasteiger partial charge in [0.25, 0.3) is 0 Å². The normalized spacial score (nSPS) is 18.9. The predicted octanol–water partition coefficient (Wildman–Crippen LogP) is 2.24. The minimum atomic E-state index is -3.50. The third-order valence-electron chi connectivity index (χ3n) is 5.08. The quantitative estimate of drug-likeness (QED) is 0.774. The summed E-state index contributed by atoms with van der Waals surface area (Å²) in [7, 11) is -3.50. The fourth-order valence-corrected chi connectivity index (χ4v) is 5.09. The molecule has 144 valence electrons. The Labute approximate surface area is 164 Å². The molecule has 2 saturated heterocycles. The average molecular weight is 408 g/mol. The van der Waals surface area contributed by atoms with Crippen molar-refractivity contribution in [3.63, 3.8) is 0 Å². The summed E-state index contributed by atoms with van der Waals surface area (Å²) in [6.07, 6.45) is 3.99. The zero-order valence-corrected chi connectivity index (χ0v) is 16.5. The summed E-state index contributed by atoms with van der Waals surface area (Å²) in [5.41, 5.74) is 0. The van der Waals surface area contributed by atoms with E-state index in [9.17, 15) is 8.42 Å². The Bertz CT molecular complexity index is 892. The second-order valence-corrected chi connectivity index (χ2v) is 9.15. The van der Waals surface area contributed by atoms with Crippen LogP contribution in [0, 0.1) is 0 Å². The molecule has 2 fully saturated rings. The number of benzene rings is 1. The molecule has 2 aromatic rings. The van der Waals surface area contributed by atoms with Crippen LogP contribution in [0.3, 0.4) is 0 Å². The van der Waals surface area contributed by atoms with E-state index < -0.39 is 10.0 Å². The Morgan fingerprint density at radius 3 is 1.96 bits per heavy atom. The Balaban J connectivity index is 1.44. The first kappa shape index (κ1) is 18.5. The van der Waals surface area contributed by atoms with Gasteiger partial charge in [-0.3, -0.25) is 0 Å². The predicted molar refractivity (Wildman–Crippen MR) is 106 cm³/mol. The molecule has 4 rings (SSSR count). The molecule has 27 heavy (non-hydrogen) atoms. The number of piperazine rings is 1. The standard InChI is InChI=1S/C18H22ClN5O2S/c19-15-3-5-16(6-4-15)27(25,26)24-11-9-23(10-12-24)18-13-17(20-14-21-18)22-7-1-2-8-22/h3-6,13-14H,1-2,7-12H2. The highest BCUT2D eigenvalue weighted by atomic mass is 35.5. The first-order valence-electron chi connectivity index (χ1n) is 9.12. The van der Waals surface area contributed by atoms with Crippen molar-refractivity contribution in [2.75, 3.05) is 49.1 Å². The third-order valence-corrected chi connectivity index (χ3v) is 7.25. The van der Waals surface area contributed by atoms with Crippen molar-refractivity contribution in [2.24, 2.45) is 0 Å². The fraction of sp³-hybridized carbons (Fsp3) is 0.444. The molecular formula is C18H22ClN5O2S. The number of halogens is 1. The minimum Gasteiger partial charge on any atom is -0.356 e. The smallest absolute Gasteiger partial charge is 0.243 e. The van der Waals surface area contributed by atoms with Crippen LogP contribution in [0.5, 0.6) is 0 Å². The molecule has 0 atom stereocenters. The Hall–Kier alpha value is -1.90. The number of hydrogen-bond acceptors (Lipinski definition) is 6. The van der Waals surface area contributed by atoms with Gasteiger partial charge in [0.15, 0.2) is 0 Å². The average Bonchev–Trinajstić information content (AvgIpc) is 3.23. The summed E-state index contributed by atoms with van der Waals surface area (Å²) in [6.45, 7) is 4.11. The molecule has 7 nitrogen and oxygen atoms in total. The molecule has 1 aromatic heterocycles. The maximum atomic E-state index is 12.8. The Morgan fingerprint density at radius 1 is 0.815 bits per heavy atom. The van der Waals surface area contributed by atoms with Crippen molar-refractivity contribution in [1.82, 2.24) is 14.3 Å². The third kappa shape index (κ3) is 3.88. The van der Waals surface area contributed by atoms with E-state index in [1.165, 1.54) is 17.1 Å². The van der Waals surface area contributed by atoms with Gasteiger partial charge < -0.3 is 9.80 Å². The van der Waals surface area contributed by atoms with Crippen LogP contribution in [0.2, 0.25) is 5.02 Å². The van der Waals surface area contributed by atoms with Crippen molar-refractivity contribution in [3.8, 4) is 0 Å². The highest BCUT2D eigenvalue weighted by molar-refractivity contribution is 7.89. The summed E-state index contributed by atoms with van der Waals surface area (Å²) < 4.78 is 27.1. The molecule has 1 aromatic carbocycles. The topological polar surface area (TPSA) is 69.6 Å². The number of anilines is 2. The van der Waals surface area contributed by atoms with E-state index >= 15 is 0 Å². The van der Waals surface area contributed by atoms with E-state index in [4.69, 9.17) is 11.6 Å². The van der Waals surface area contributed by atoms with Gasteiger partial charge in [-0.2, -0.15) is 4.31 Å². The molecule has 0 radical (unpaired) electrons. The van der Waals surface area contributed by atoms with Gasteiger partial charge in [0.2, 0.25) is 10.0 Å². The highest BCUT2D eigenvalue weighted by Crippen LogP contribution is 2.24. The number of nitrogens with zero attached hydrogens (tertiary/aromatic N) is 5. The Morgan fingerprint density at radius 2 is 1.37 bits per heavy atom. The molecule has 0 N–H and O–H groups in total. The molecule has 2 aliphatic heterocycles. The number of sulfonamides is 1. The maximum Gasteiger partial charge on any atom is 0.243 e. The summed E-state index contributed by atoms with van der Waals surface area (Å²) in [6, 6.07) is 8.32. The molecule has 2 aliphatic rings. The van der Waals surface area contributed by atoms with Crippen molar-refractivity contribution in [2.45, 2.75) is 17.7 Å². The van der Waals surface area contributed by atoms with E-state index in [1.807, 2.05) is 6.07 Å². The van der Waals surface area contributed by atoms with Gasteiger partial charge in [0, 0.05) is 50.4 Å². The Kier molecular flexibility index (Phi) is 5.21. The molecule has 0 aliphatic carbocycles. The number of aromatic nitrogens is 2. The molecule has 0 spiro atoms. The van der Waals surface area contributed by atoms with Gasteiger partial charge in [-0.15, -0.1) is 0 Å². The van der Waals surface area contributed by atoms with E-state index in [1.54, 1.807) is 30.6 Å². The molecule has 0 saturated carbocycles. The molecule has 3 heterocycles. The van der Waals surface area contributed by atoms with Crippen LogP contribution in [-0.2, 0) is 10.0 Å². The number of rotatable bonds is 4. The number of hydrogen-bond donors (Lipinski definition) is 0. The zero-order valence-electron chi connectivity index (χ0n) is 15.0. The van der Waals surface area contributed by atoms with Gasteiger partial charge in [-0.05, 0) is 37.1 Å². The van der Waals surface area contributed by atoms with Crippen LogP contribution >= 0.6 is 11.6 Å². The van der Waals surface area contributed by atoms with E-state index in [-0.39, 0.29) is 4.90 Å². The monoisotopic (exact) mass is 407 g/mol. The molecule has 0 unspecified atom stereocenters. The molecule has 9 heteroatoms. The van der Waals surface area contributed by atoms with Crippen molar-refractivity contribution >= 4 is 33.3 Å². The van der Waals surface area contributed by atoms with Gasteiger partial charge in [-0.1, -0.05) is 11.6 Å². The van der Waals surface area contributed by atoms with Crippen molar-refractivity contribution in [3.05, 3.63) is 41.7 Å². The van der Waals surface area contributed by atoms with Crippen LogP contribution < -0.4 is 9.80 Å². The minimum absolute atomic E-state index is 0.277. The lowest BCUT2D eigenvalue weighted by Gasteiger charge is -2.34. The second-order valence-electron chi connectivity index (χ2n) is 6.77. The van der Waals surface area contributed by atoms with Crippen LogP contribution in [0.25, 0.3) is 0 Å². The fourth-order valence-electron chi connectivity index (χ4n) is 3.54. The molecule has 0 amide bonds. The van der Waals surface area contributed by atoms with Crippen LogP contribution in [0.4, 0.5) is 11.6 Å². The highest BCUT2D eigenvalue weighted by Gasteiger charge is 2.29. The van der Waals surface area contributed by atoms with Crippen LogP contribution in [0.1, 0.15) is 12.8 Å². The first-order chi connectivity index (χ1) is 13.0. The first-order valence-corrected chi connectivity index (χ1v) is 10.9. The summed E-state index contributed by atoms with van der Waals surface area (Å²) in [5, 5.41) is 0.524. The summed E-state index contributed by atoms with van der Waals surface area (Å²) in [4.78, 5) is 13.5. The van der Waals surface area contributed by atoms with Gasteiger partial charge in [-0.25, -0.2) is 18.4 Å². The van der Waals surface area contributed by atoms with Crippen molar-refractivity contribution < 1.29 is 8.42 Å².